The fourth-order valence-corrected chi connectivity index (χ4v) is 1.59. The number of imide groups is 1. The summed E-state index contributed by atoms with van der Waals surface area (Å²) in [6.07, 6.45) is 0.837. The molecular weight excluding hydrogens is 274 g/mol. The molecule has 3 N–H and O–H groups in total. The molecule has 0 saturated carbocycles. The molecule has 2 rings (SSSR count). The van der Waals surface area contributed by atoms with Gasteiger partial charge in [0.1, 0.15) is 5.75 Å². The average molecular weight is 287 g/mol. The van der Waals surface area contributed by atoms with Crippen molar-refractivity contribution in [3.05, 3.63) is 29.8 Å². The molecule has 1 unspecified atom stereocenters. The van der Waals surface area contributed by atoms with E-state index in [1.807, 2.05) is 0 Å². The first-order valence-corrected chi connectivity index (χ1v) is 7.07. The summed E-state index contributed by atoms with van der Waals surface area (Å²) < 4.78 is 25.9. The SMILES string of the molecule is CS(=O)(=O)O.O=C1CC(c2ccccc2O)C(=O)N1. The van der Waals surface area contributed by atoms with Gasteiger partial charge in [0.05, 0.1) is 12.2 Å². The fourth-order valence-electron chi connectivity index (χ4n) is 1.59. The van der Waals surface area contributed by atoms with Crippen molar-refractivity contribution in [3.63, 3.8) is 0 Å². The molecular formula is C11H13NO6S. The molecule has 1 heterocycles. The minimum atomic E-state index is -3.67. The van der Waals surface area contributed by atoms with Gasteiger partial charge in [-0.1, -0.05) is 18.2 Å². The van der Waals surface area contributed by atoms with E-state index in [2.05, 4.69) is 5.32 Å². The fraction of sp³-hybridized carbons (Fsp3) is 0.273. The first-order valence-electron chi connectivity index (χ1n) is 5.22. The van der Waals surface area contributed by atoms with Gasteiger partial charge >= 0.3 is 0 Å². The highest BCUT2D eigenvalue weighted by molar-refractivity contribution is 7.85. The summed E-state index contributed by atoms with van der Waals surface area (Å²) in [6, 6.07) is 6.56. The van der Waals surface area contributed by atoms with Crippen LogP contribution in [0.2, 0.25) is 0 Å². The van der Waals surface area contributed by atoms with E-state index in [0.29, 0.717) is 11.8 Å². The van der Waals surface area contributed by atoms with Crippen LogP contribution in [0.4, 0.5) is 0 Å². The molecule has 0 aliphatic carbocycles. The van der Waals surface area contributed by atoms with Crippen molar-refractivity contribution >= 4 is 21.9 Å². The Balaban J connectivity index is 0.000000312. The number of aromatic hydroxyl groups is 1. The van der Waals surface area contributed by atoms with Gasteiger partial charge in [0, 0.05) is 12.0 Å². The summed E-state index contributed by atoms with van der Waals surface area (Å²) in [6.45, 7) is 0. The zero-order valence-electron chi connectivity index (χ0n) is 10.0. The van der Waals surface area contributed by atoms with Crippen LogP contribution in [0.3, 0.4) is 0 Å². The molecule has 0 radical (unpaired) electrons. The average Bonchev–Trinajstić information content (AvgIpc) is 2.56. The summed E-state index contributed by atoms with van der Waals surface area (Å²) in [4.78, 5) is 22.2. The number of amides is 2. The third-order valence-corrected chi connectivity index (χ3v) is 2.28. The van der Waals surface area contributed by atoms with Crippen molar-refractivity contribution in [1.29, 1.82) is 0 Å². The van der Waals surface area contributed by atoms with Crippen LogP contribution >= 0.6 is 0 Å². The molecule has 19 heavy (non-hydrogen) atoms. The van der Waals surface area contributed by atoms with Crippen molar-refractivity contribution in [2.75, 3.05) is 6.26 Å². The van der Waals surface area contributed by atoms with E-state index in [9.17, 15) is 23.1 Å². The van der Waals surface area contributed by atoms with Gasteiger partial charge < -0.3 is 5.11 Å². The number of hydrogen-bond acceptors (Lipinski definition) is 5. The Morgan fingerprint density at radius 2 is 1.79 bits per heavy atom. The summed E-state index contributed by atoms with van der Waals surface area (Å²) in [5.41, 5.74) is 0.510. The number of nitrogens with one attached hydrogen (secondary N) is 1. The standard InChI is InChI=1S/C10H9NO3.CH4O3S/c12-8-4-2-1-3-6(8)7-5-9(13)11-10(7)14;1-5(2,3)4/h1-4,7,12H,5H2,(H,11,13,14);1H3,(H,2,3,4). The molecule has 7 nitrogen and oxygen atoms in total. The van der Waals surface area contributed by atoms with Crippen LogP contribution in [-0.2, 0) is 19.7 Å². The van der Waals surface area contributed by atoms with E-state index < -0.39 is 16.0 Å². The predicted molar refractivity (Wildman–Crippen MR) is 66.1 cm³/mol. The van der Waals surface area contributed by atoms with Crippen LogP contribution in [0.15, 0.2) is 24.3 Å². The van der Waals surface area contributed by atoms with Crippen LogP contribution in [0.1, 0.15) is 17.9 Å². The van der Waals surface area contributed by atoms with Crippen molar-refractivity contribution < 1.29 is 27.7 Å². The number of carbonyl (C=O) groups excluding carboxylic acids is 2. The highest BCUT2D eigenvalue weighted by Crippen LogP contribution is 2.30. The Morgan fingerprint density at radius 3 is 2.21 bits per heavy atom. The smallest absolute Gasteiger partial charge is 0.261 e. The summed E-state index contributed by atoms with van der Waals surface area (Å²) in [7, 11) is -3.67. The molecule has 1 aliphatic heterocycles. The lowest BCUT2D eigenvalue weighted by atomic mass is 9.97. The molecule has 0 spiro atoms. The summed E-state index contributed by atoms with van der Waals surface area (Å²) >= 11 is 0. The summed E-state index contributed by atoms with van der Waals surface area (Å²) in [5.74, 6) is -1.11. The lowest BCUT2D eigenvalue weighted by molar-refractivity contribution is -0.125. The third kappa shape index (κ3) is 5.06. The highest BCUT2D eigenvalue weighted by atomic mass is 32.2. The second kappa shape index (κ2) is 5.81. The van der Waals surface area contributed by atoms with Crippen molar-refractivity contribution in [3.8, 4) is 5.75 Å². The molecule has 8 heteroatoms. The minimum absolute atomic E-state index is 0.0577. The number of hydrogen-bond donors (Lipinski definition) is 3. The number of rotatable bonds is 1. The molecule has 1 aliphatic rings. The Kier molecular flexibility index (Phi) is 4.62. The van der Waals surface area contributed by atoms with E-state index in [1.165, 1.54) is 6.07 Å². The van der Waals surface area contributed by atoms with E-state index in [0.717, 1.165) is 0 Å². The number of para-hydroxylation sites is 1. The van der Waals surface area contributed by atoms with Gasteiger partial charge in [-0.15, -0.1) is 0 Å². The molecule has 1 aromatic rings. The first-order chi connectivity index (χ1) is 8.68. The number of carbonyl (C=O) groups is 2. The number of phenolic OH excluding ortho intramolecular Hbond substituents is 1. The van der Waals surface area contributed by atoms with Gasteiger partial charge in [0.25, 0.3) is 10.1 Å². The van der Waals surface area contributed by atoms with Gasteiger partial charge in [-0.3, -0.25) is 19.5 Å². The van der Waals surface area contributed by atoms with Gasteiger partial charge in [-0.2, -0.15) is 8.42 Å². The third-order valence-electron chi connectivity index (χ3n) is 2.28. The largest absolute Gasteiger partial charge is 0.508 e. The molecule has 1 fully saturated rings. The second-order valence-electron chi connectivity index (χ2n) is 3.96. The van der Waals surface area contributed by atoms with Crippen LogP contribution in [0, 0.1) is 0 Å². The Morgan fingerprint density at radius 1 is 1.26 bits per heavy atom. The first kappa shape index (κ1) is 15.1. The van der Waals surface area contributed by atoms with Gasteiger partial charge in [-0.25, -0.2) is 0 Å². The maximum atomic E-state index is 11.3. The van der Waals surface area contributed by atoms with Gasteiger partial charge in [0.2, 0.25) is 11.8 Å². The van der Waals surface area contributed by atoms with Crippen molar-refractivity contribution in [2.24, 2.45) is 0 Å². The highest BCUT2D eigenvalue weighted by Gasteiger charge is 2.33. The normalized spacial score (nSPS) is 18.5. The topological polar surface area (TPSA) is 121 Å². The van der Waals surface area contributed by atoms with Crippen molar-refractivity contribution in [1.82, 2.24) is 5.32 Å². The zero-order chi connectivity index (χ0) is 14.6. The number of benzene rings is 1. The maximum absolute atomic E-state index is 11.3. The van der Waals surface area contributed by atoms with E-state index in [4.69, 9.17) is 4.55 Å². The Labute approximate surface area is 110 Å². The number of phenols is 1. The van der Waals surface area contributed by atoms with Crippen molar-refractivity contribution in [2.45, 2.75) is 12.3 Å². The molecule has 2 amide bonds. The predicted octanol–water partition coefficient (Wildman–Crippen LogP) is 0.0263. The van der Waals surface area contributed by atoms with Crippen LogP contribution in [0.25, 0.3) is 0 Å². The van der Waals surface area contributed by atoms with E-state index >= 15 is 0 Å². The minimum Gasteiger partial charge on any atom is -0.508 e. The van der Waals surface area contributed by atoms with E-state index in [1.54, 1.807) is 18.2 Å². The van der Waals surface area contributed by atoms with E-state index in [-0.39, 0.29) is 24.0 Å². The van der Waals surface area contributed by atoms with Crippen LogP contribution in [0.5, 0.6) is 5.75 Å². The quantitative estimate of drug-likeness (QED) is 0.495. The maximum Gasteiger partial charge on any atom is 0.261 e. The monoisotopic (exact) mass is 287 g/mol. The Bertz CT molecular complexity index is 587. The molecule has 0 aromatic heterocycles. The molecule has 104 valence electrons. The van der Waals surface area contributed by atoms with Gasteiger partial charge in [-0.05, 0) is 6.07 Å². The van der Waals surface area contributed by atoms with Gasteiger partial charge in [0.15, 0.2) is 0 Å². The molecule has 0 bridgehead atoms. The zero-order valence-corrected chi connectivity index (χ0v) is 10.8. The summed E-state index contributed by atoms with van der Waals surface area (Å²) in [5, 5.41) is 11.7. The molecule has 1 aromatic carbocycles. The second-order valence-corrected chi connectivity index (χ2v) is 5.43. The lowest BCUT2D eigenvalue weighted by Crippen LogP contribution is -2.21. The van der Waals surface area contributed by atoms with Crippen LogP contribution < -0.4 is 5.32 Å². The Hall–Kier alpha value is -1.93. The van der Waals surface area contributed by atoms with Crippen LogP contribution in [-0.4, -0.2) is 36.1 Å². The molecule has 1 saturated heterocycles. The lowest BCUT2D eigenvalue weighted by Gasteiger charge is -2.07. The molecule has 1 atom stereocenters.